The third-order valence-electron chi connectivity index (χ3n) is 11.0. The monoisotopic (exact) mass is 718 g/mol. The minimum atomic E-state index is 1.13. The molecule has 11 aromatic rings. The molecule has 0 saturated carbocycles. The number of thiophene rings is 1. The normalized spacial score (nSPS) is 11.6. The molecule has 0 fully saturated rings. The Kier molecular flexibility index (Phi) is 7.39. The zero-order chi connectivity index (χ0) is 36.3. The molecule has 55 heavy (non-hydrogen) atoms. The minimum Gasteiger partial charge on any atom is -0.310 e. The highest BCUT2D eigenvalue weighted by molar-refractivity contribution is 7.25. The number of benzene rings is 9. The van der Waals surface area contributed by atoms with Crippen LogP contribution in [0.2, 0.25) is 0 Å². The van der Waals surface area contributed by atoms with E-state index in [1.807, 2.05) is 11.3 Å². The summed E-state index contributed by atoms with van der Waals surface area (Å²) in [5, 5.41) is 7.61. The molecule has 11 rings (SSSR count). The fourth-order valence-corrected chi connectivity index (χ4v) is 9.54. The molecular weight excluding hydrogens is 685 g/mol. The van der Waals surface area contributed by atoms with E-state index in [-0.39, 0.29) is 0 Å². The lowest BCUT2D eigenvalue weighted by atomic mass is 10.0. The zero-order valence-corrected chi connectivity index (χ0v) is 30.7. The van der Waals surface area contributed by atoms with Gasteiger partial charge in [-0.15, -0.1) is 11.3 Å². The van der Waals surface area contributed by atoms with Gasteiger partial charge in [0, 0.05) is 53.4 Å². The molecule has 0 aliphatic carbocycles. The van der Waals surface area contributed by atoms with Crippen LogP contribution in [0.4, 0.5) is 17.1 Å². The molecule has 3 heteroatoms. The lowest BCUT2D eigenvalue weighted by molar-refractivity contribution is 1.18. The molecule has 0 bridgehead atoms. The van der Waals surface area contributed by atoms with Crippen molar-refractivity contribution in [3.63, 3.8) is 0 Å². The minimum absolute atomic E-state index is 1.13. The Labute approximate surface area is 323 Å². The first-order valence-electron chi connectivity index (χ1n) is 18.8. The maximum Gasteiger partial charge on any atom is 0.0547 e. The van der Waals surface area contributed by atoms with Crippen LogP contribution >= 0.6 is 11.3 Å². The van der Waals surface area contributed by atoms with Gasteiger partial charge in [-0.3, -0.25) is 0 Å². The van der Waals surface area contributed by atoms with Crippen LogP contribution < -0.4 is 4.90 Å². The Morgan fingerprint density at radius 1 is 0.345 bits per heavy atom. The second-order valence-corrected chi connectivity index (χ2v) is 15.2. The molecule has 0 spiro atoms. The number of fused-ring (bicyclic) bond motifs is 7. The fraction of sp³-hybridized carbons (Fsp3) is 0. The van der Waals surface area contributed by atoms with E-state index in [0.29, 0.717) is 0 Å². The van der Waals surface area contributed by atoms with Gasteiger partial charge in [-0.1, -0.05) is 140 Å². The summed E-state index contributed by atoms with van der Waals surface area (Å²) < 4.78 is 5.00. The largest absolute Gasteiger partial charge is 0.310 e. The van der Waals surface area contributed by atoms with Crippen LogP contribution in [0.1, 0.15) is 0 Å². The Bertz CT molecular complexity index is 3190. The summed E-state index contributed by atoms with van der Waals surface area (Å²) in [6.45, 7) is 0. The number of hydrogen-bond donors (Lipinski definition) is 0. The van der Waals surface area contributed by atoms with Crippen LogP contribution in [0.25, 0.3) is 80.7 Å². The van der Waals surface area contributed by atoms with Crippen molar-refractivity contribution >= 4 is 81.1 Å². The van der Waals surface area contributed by atoms with E-state index < -0.39 is 0 Å². The van der Waals surface area contributed by atoms with Crippen LogP contribution in [0, 0.1) is 0 Å². The molecule has 9 aromatic carbocycles. The molecule has 0 aliphatic heterocycles. The van der Waals surface area contributed by atoms with Crippen LogP contribution in [0.15, 0.2) is 206 Å². The van der Waals surface area contributed by atoms with Crippen molar-refractivity contribution in [3.05, 3.63) is 206 Å². The molecule has 2 aromatic heterocycles. The highest BCUT2D eigenvalue weighted by atomic mass is 32.1. The second-order valence-electron chi connectivity index (χ2n) is 14.2. The third-order valence-corrected chi connectivity index (χ3v) is 12.1. The standard InChI is InChI=1S/C52H34N2S/c1-3-14-40(15-4-1)53(48-21-11-13-36-12-7-8-18-43(36)48)42-27-22-35(23-28-42)38-25-30-46-47-31-26-39(34-52(47)55-51(46)33-38)37-24-29-45-44-19-9-10-20-49(44)54(50(45)32-37)41-16-5-2-6-17-41/h1-34H. The van der Waals surface area contributed by atoms with Gasteiger partial charge < -0.3 is 9.47 Å². The molecule has 258 valence electrons. The van der Waals surface area contributed by atoms with E-state index in [1.165, 1.54) is 86.4 Å². The molecule has 2 nitrogen and oxygen atoms in total. The van der Waals surface area contributed by atoms with E-state index in [2.05, 4.69) is 216 Å². The average molecular weight is 719 g/mol. The van der Waals surface area contributed by atoms with Gasteiger partial charge in [-0.2, -0.15) is 0 Å². The van der Waals surface area contributed by atoms with E-state index in [1.54, 1.807) is 0 Å². The van der Waals surface area contributed by atoms with Crippen molar-refractivity contribution < 1.29 is 0 Å². The molecular formula is C52H34N2S. The van der Waals surface area contributed by atoms with Gasteiger partial charge in [0.2, 0.25) is 0 Å². The number of aromatic nitrogens is 1. The summed E-state index contributed by atoms with van der Waals surface area (Å²) in [5.74, 6) is 0. The lowest BCUT2D eigenvalue weighted by Gasteiger charge is -2.27. The van der Waals surface area contributed by atoms with Gasteiger partial charge >= 0.3 is 0 Å². The molecule has 0 saturated heterocycles. The predicted octanol–water partition coefficient (Wildman–Crippen LogP) is 15.1. The van der Waals surface area contributed by atoms with Crippen molar-refractivity contribution in [1.29, 1.82) is 0 Å². The number of rotatable bonds is 6. The van der Waals surface area contributed by atoms with E-state index in [4.69, 9.17) is 0 Å². The molecule has 0 atom stereocenters. The molecule has 0 unspecified atom stereocenters. The van der Waals surface area contributed by atoms with E-state index in [0.717, 1.165) is 11.4 Å². The first-order valence-corrected chi connectivity index (χ1v) is 19.6. The molecule has 0 radical (unpaired) electrons. The molecule has 0 amide bonds. The second kappa shape index (κ2) is 12.9. The van der Waals surface area contributed by atoms with Gasteiger partial charge in [-0.05, 0) is 94.4 Å². The summed E-state index contributed by atoms with van der Waals surface area (Å²) in [5.41, 5.74) is 11.9. The van der Waals surface area contributed by atoms with Gasteiger partial charge in [0.1, 0.15) is 0 Å². The average Bonchev–Trinajstić information content (AvgIpc) is 3.79. The van der Waals surface area contributed by atoms with Crippen molar-refractivity contribution in [2.45, 2.75) is 0 Å². The van der Waals surface area contributed by atoms with Gasteiger partial charge in [-0.25, -0.2) is 0 Å². The quantitative estimate of drug-likeness (QED) is 0.166. The first kappa shape index (κ1) is 31.6. The van der Waals surface area contributed by atoms with Crippen molar-refractivity contribution in [3.8, 4) is 27.9 Å². The topological polar surface area (TPSA) is 8.17 Å². The maximum atomic E-state index is 2.39. The highest BCUT2D eigenvalue weighted by Crippen LogP contribution is 2.42. The Morgan fingerprint density at radius 2 is 0.873 bits per heavy atom. The number of nitrogens with zero attached hydrogens (tertiary/aromatic N) is 2. The fourth-order valence-electron chi connectivity index (χ4n) is 8.35. The summed E-state index contributed by atoms with van der Waals surface area (Å²) in [4.78, 5) is 2.36. The Morgan fingerprint density at radius 3 is 1.62 bits per heavy atom. The molecule has 0 N–H and O–H groups in total. The van der Waals surface area contributed by atoms with Crippen molar-refractivity contribution in [1.82, 2.24) is 4.57 Å². The smallest absolute Gasteiger partial charge is 0.0547 e. The summed E-state index contributed by atoms with van der Waals surface area (Å²) >= 11 is 1.88. The van der Waals surface area contributed by atoms with Crippen molar-refractivity contribution in [2.75, 3.05) is 4.90 Å². The SMILES string of the molecule is c1ccc(N(c2ccc(-c3ccc4c(c3)sc3cc(-c5ccc6c7ccccc7n(-c7ccccc7)c6c5)ccc34)cc2)c2cccc3ccccc23)cc1. The maximum absolute atomic E-state index is 2.39. The van der Waals surface area contributed by atoms with Crippen molar-refractivity contribution in [2.24, 2.45) is 0 Å². The van der Waals surface area contributed by atoms with Crippen LogP contribution in [0.3, 0.4) is 0 Å². The van der Waals surface area contributed by atoms with E-state index in [9.17, 15) is 0 Å². The van der Waals surface area contributed by atoms with Gasteiger partial charge in [0.25, 0.3) is 0 Å². The summed E-state index contributed by atoms with van der Waals surface area (Å²) in [6, 6.07) is 75.0. The Balaban J connectivity index is 0.956. The lowest BCUT2D eigenvalue weighted by Crippen LogP contribution is -2.10. The first-order chi connectivity index (χ1) is 27.3. The third kappa shape index (κ3) is 5.32. The van der Waals surface area contributed by atoms with E-state index >= 15 is 0 Å². The zero-order valence-electron chi connectivity index (χ0n) is 29.9. The predicted molar refractivity (Wildman–Crippen MR) is 237 cm³/mol. The summed E-state index contributed by atoms with van der Waals surface area (Å²) in [6.07, 6.45) is 0. The number of anilines is 3. The van der Waals surface area contributed by atoms with Crippen LogP contribution in [0.5, 0.6) is 0 Å². The molecule has 2 heterocycles. The number of para-hydroxylation sites is 3. The highest BCUT2D eigenvalue weighted by Gasteiger charge is 2.17. The summed E-state index contributed by atoms with van der Waals surface area (Å²) in [7, 11) is 0. The Hall–Kier alpha value is -6.94. The van der Waals surface area contributed by atoms with Gasteiger partial charge in [0.15, 0.2) is 0 Å². The van der Waals surface area contributed by atoms with Crippen LogP contribution in [-0.4, -0.2) is 4.57 Å². The number of hydrogen-bond acceptors (Lipinski definition) is 2. The van der Waals surface area contributed by atoms with Crippen LogP contribution in [-0.2, 0) is 0 Å². The molecule has 0 aliphatic rings. The van der Waals surface area contributed by atoms with Gasteiger partial charge in [0.05, 0.1) is 16.7 Å².